The SMILES string of the molecule is Clc1ncccc1Cn1ccc(-c2ccsc2)n1. The molecule has 0 aliphatic heterocycles. The van der Waals surface area contributed by atoms with E-state index < -0.39 is 0 Å². The van der Waals surface area contributed by atoms with Crippen LogP contribution in [0.25, 0.3) is 11.3 Å². The van der Waals surface area contributed by atoms with E-state index >= 15 is 0 Å². The van der Waals surface area contributed by atoms with E-state index in [4.69, 9.17) is 11.6 Å². The first-order valence-corrected chi connectivity index (χ1v) is 6.80. The van der Waals surface area contributed by atoms with E-state index in [0.717, 1.165) is 16.8 Å². The van der Waals surface area contributed by atoms with Crippen molar-refractivity contribution in [3.63, 3.8) is 0 Å². The van der Waals surface area contributed by atoms with Crippen LogP contribution in [-0.4, -0.2) is 14.8 Å². The fraction of sp³-hybridized carbons (Fsp3) is 0.0769. The third kappa shape index (κ3) is 2.30. The molecule has 0 atom stereocenters. The van der Waals surface area contributed by atoms with E-state index in [9.17, 15) is 0 Å². The first-order chi connectivity index (χ1) is 8.83. The average molecular weight is 276 g/mol. The zero-order chi connectivity index (χ0) is 12.4. The van der Waals surface area contributed by atoms with Gasteiger partial charge in [-0.1, -0.05) is 17.7 Å². The summed E-state index contributed by atoms with van der Waals surface area (Å²) in [6.07, 6.45) is 3.64. The van der Waals surface area contributed by atoms with Gasteiger partial charge >= 0.3 is 0 Å². The van der Waals surface area contributed by atoms with Crippen molar-refractivity contribution in [2.45, 2.75) is 6.54 Å². The normalized spacial score (nSPS) is 10.7. The summed E-state index contributed by atoms with van der Waals surface area (Å²) in [5.74, 6) is 0. The van der Waals surface area contributed by atoms with Gasteiger partial charge < -0.3 is 0 Å². The van der Waals surface area contributed by atoms with E-state index in [1.165, 1.54) is 0 Å². The van der Waals surface area contributed by atoms with Crippen molar-refractivity contribution < 1.29 is 0 Å². The van der Waals surface area contributed by atoms with Crippen molar-refractivity contribution in [1.82, 2.24) is 14.8 Å². The molecule has 90 valence electrons. The molecule has 3 aromatic rings. The van der Waals surface area contributed by atoms with Crippen LogP contribution in [-0.2, 0) is 6.54 Å². The number of halogens is 1. The molecule has 3 rings (SSSR count). The first kappa shape index (κ1) is 11.4. The molecule has 0 fully saturated rings. The Morgan fingerprint density at radius 1 is 1.28 bits per heavy atom. The second kappa shape index (κ2) is 4.92. The topological polar surface area (TPSA) is 30.7 Å². The molecule has 0 unspecified atom stereocenters. The average Bonchev–Trinajstić information content (AvgIpc) is 3.02. The minimum Gasteiger partial charge on any atom is -0.268 e. The number of aromatic nitrogens is 3. The van der Waals surface area contributed by atoms with Crippen LogP contribution in [0.2, 0.25) is 5.15 Å². The molecule has 0 aliphatic carbocycles. The number of thiophene rings is 1. The predicted octanol–water partition coefficient (Wildman–Crippen LogP) is 3.71. The smallest absolute Gasteiger partial charge is 0.134 e. The van der Waals surface area contributed by atoms with Gasteiger partial charge in [-0.2, -0.15) is 16.4 Å². The molecule has 0 saturated carbocycles. The lowest BCUT2D eigenvalue weighted by Gasteiger charge is -2.03. The fourth-order valence-corrected chi connectivity index (χ4v) is 2.55. The minimum atomic E-state index is 0.532. The summed E-state index contributed by atoms with van der Waals surface area (Å²) in [6.45, 7) is 0.636. The van der Waals surface area contributed by atoms with Gasteiger partial charge in [0.1, 0.15) is 5.15 Å². The van der Waals surface area contributed by atoms with Gasteiger partial charge in [-0.3, -0.25) is 4.68 Å². The number of nitrogens with zero attached hydrogens (tertiary/aromatic N) is 3. The molecule has 0 saturated heterocycles. The van der Waals surface area contributed by atoms with Gasteiger partial charge in [-0.25, -0.2) is 4.98 Å². The Kier molecular flexibility index (Phi) is 3.13. The largest absolute Gasteiger partial charge is 0.268 e. The lowest BCUT2D eigenvalue weighted by molar-refractivity contribution is 0.687. The summed E-state index contributed by atoms with van der Waals surface area (Å²) in [5.41, 5.74) is 3.10. The van der Waals surface area contributed by atoms with Gasteiger partial charge in [0.2, 0.25) is 0 Å². The zero-order valence-corrected chi connectivity index (χ0v) is 11.0. The highest BCUT2D eigenvalue weighted by molar-refractivity contribution is 7.08. The van der Waals surface area contributed by atoms with Gasteiger partial charge in [-0.15, -0.1) is 0 Å². The van der Waals surface area contributed by atoms with Crippen LogP contribution in [0.4, 0.5) is 0 Å². The third-order valence-corrected chi connectivity index (χ3v) is 3.65. The quantitative estimate of drug-likeness (QED) is 0.682. The number of hydrogen-bond acceptors (Lipinski definition) is 3. The molecule has 0 radical (unpaired) electrons. The highest BCUT2D eigenvalue weighted by Gasteiger charge is 2.05. The maximum Gasteiger partial charge on any atom is 0.134 e. The van der Waals surface area contributed by atoms with Crippen LogP contribution in [0.3, 0.4) is 0 Å². The van der Waals surface area contributed by atoms with Gasteiger partial charge in [-0.05, 0) is 23.6 Å². The second-order valence-corrected chi connectivity index (χ2v) is 5.00. The van der Waals surface area contributed by atoms with Gasteiger partial charge in [0, 0.05) is 28.9 Å². The van der Waals surface area contributed by atoms with E-state index in [-0.39, 0.29) is 0 Å². The fourth-order valence-electron chi connectivity index (χ4n) is 1.73. The molecule has 0 aromatic carbocycles. The van der Waals surface area contributed by atoms with E-state index in [1.54, 1.807) is 17.5 Å². The number of pyridine rings is 1. The molecule has 3 nitrogen and oxygen atoms in total. The highest BCUT2D eigenvalue weighted by atomic mass is 35.5. The van der Waals surface area contributed by atoms with Crippen LogP contribution in [0.15, 0.2) is 47.4 Å². The summed E-state index contributed by atoms with van der Waals surface area (Å²) in [7, 11) is 0. The van der Waals surface area contributed by atoms with Crippen LogP contribution in [0, 0.1) is 0 Å². The zero-order valence-electron chi connectivity index (χ0n) is 9.45. The molecule has 0 aliphatic rings. The Morgan fingerprint density at radius 2 is 2.22 bits per heavy atom. The Bertz CT molecular complexity index is 646. The van der Waals surface area contributed by atoms with Crippen LogP contribution >= 0.6 is 22.9 Å². The molecule has 0 spiro atoms. The molecule has 0 N–H and O–H groups in total. The monoisotopic (exact) mass is 275 g/mol. The predicted molar refractivity (Wildman–Crippen MR) is 73.9 cm³/mol. The number of hydrogen-bond donors (Lipinski definition) is 0. The molecule has 0 amide bonds. The van der Waals surface area contributed by atoms with E-state index in [0.29, 0.717) is 11.7 Å². The van der Waals surface area contributed by atoms with E-state index in [1.807, 2.05) is 34.5 Å². The van der Waals surface area contributed by atoms with Crippen LogP contribution in [0.5, 0.6) is 0 Å². The third-order valence-electron chi connectivity index (χ3n) is 2.63. The van der Waals surface area contributed by atoms with Gasteiger partial charge in [0.15, 0.2) is 0 Å². The molecule has 3 aromatic heterocycles. The maximum atomic E-state index is 6.03. The molecule has 0 bridgehead atoms. The summed E-state index contributed by atoms with van der Waals surface area (Å²) >= 11 is 7.70. The molecular weight excluding hydrogens is 266 g/mol. The molecular formula is C13H10ClN3S. The van der Waals surface area contributed by atoms with Crippen molar-refractivity contribution in [3.8, 4) is 11.3 Å². The summed E-state index contributed by atoms with van der Waals surface area (Å²) in [4.78, 5) is 4.06. The van der Waals surface area contributed by atoms with Crippen molar-refractivity contribution in [3.05, 3.63) is 58.1 Å². The van der Waals surface area contributed by atoms with Crippen LogP contribution in [0.1, 0.15) is 5.56 Å². The maximum absolute atomic E-state index is 6.03. The van der Waals surface area contributed by atoms with Crippen LogP contribution < -0.4 is 0 Å². The Labute approximate surface area is 114 Å². The summed E-state index contributed by atoms with van der Waals surface area (Å²) in [5, 5.41) is 9.19. The molecule has 3 heterocycles. The van der Waals surface area contributed by atoms with Crippen molar-refractivity contribution in [1.29, 1.82) is 0 Å². The second-order valence-electron chi connectivity index (χ2n) is 3.86. The van der Waals surface area contributed by atoms with Crippen molar-refractivity contribution in [2.75, 3.05) is 0 Å². The Hall–Kier alpha value is -1.65. The summed E-state index contributed by atoms with van der Waals surface area (Å²) in [6, 6.07) is 7.91. The Balaban J connectivity index is 1.85. The lowest BCUT2D eigenvalue weighted by Crippen LogP contribution is -2.01. The molecule has 18 heavy (non-hydrogen) atoms. The lowest BCUT2D eigenvalue weighted by atomic mass is 10.2. The Morgan fingerprint density at radius 3 is 3.00 bits per heavy atom. The first-order valence-electron chi connectivity index (χ1n) is 5.48. The van der Waals surface area contributed by atoms with Gasteiger partial charge in [0.25, 0.3) is 0 Å². The van der Waals surface area contributed by atoms with Crippen molar-refractivity contribution in [2.24, 2.45) is 0 Å². The van der Waals surface area contributed by atoms with E-state index in [2.05, 4.69) is 21.5 Å². The minimum absolute atomic E-state index is 0.532. The standard InChI is InChI=1S/C13H10ClN3S/c14-13-10(2-1-5-15-13)8-17-6-3-12(16-17)11-4-7-18-9-11/h1-7,9H,8H2. The van der Waals surface area contributed by atoms with Gasteiger partial charge in [0.05, 0.1) is 12.2 Å². The highest BCUT2D eigenvalue weighted by Crippen LogP contribution is 2.20. The molecule has 5 heteroatoms. The summed E-state index contributed by atoms with van der Waals surface area (Å²) < 4.78 is 1.87. The van der Waals surface area contributed by atoms with Crippen molar-refractivity contribution >= 4 is 22.9 Å². The number of rotatable bonds is 3.